The quantitative estimate of drug-likeness (QED) is 0.376. The van der Waals surface area contributed by atoms with Crippen LogP contribution in [0.25, 0.3) is 0 Å². The monoisotopic (exact) mass is 450 g/mol. The summed E-state index contributed by atoms with van der Waals surface area (Å²) in [5, 5.41) is 8.06. The molecule has 0 rings (SSSR count). The first kappa shape index (κ1) is 14.0. The van der Waals surface area contributed by atoms with Crippen molar-refractivity contribution >= 4 is 0 Å². The van der Waals surface area contributed by atoms with Crippen molar-refractivity contribution in [3.05, 3.63) is 18.8 Å². The molecule has 13 heavy (non-hydrogen) atoms. The summed E-state index contributed by atoms with van der Waals surface area (Å²) in [4.78, 5) is 0. The van der Waals surface area contributed by atoms with Crippen molar-refractivity contribution < 1.29 is 23.0 Å². The van der Waals surface area contributed by atoms with Crippen molar-refractivity contribution in [2.45, 2.75) is 5.92 Å². The Morgan fingerprint density at radius 1 is 1.54 bits per heavy atom. The average molecular weight is 450 g/mol. The maximum Gasteiger partial charge on any atom is 0.186 e. The largest absolute Gasteiger partial charge is 0.448 e. The number of alkyl halides is 2. The third-order valence-corrected chi connectivity index (χ3v) is 1.05. The standard InChI is InChI=1S/C7H10F3O2.Rf/c1-2-3-12-5-7(9,10)6(8)4-11;/h2,11H,1,3-5H2;/q-1;. The Morgan fingerprint density at radius 3 is 2.46 bits per heavy atom. The van der Waals surface area contributed by atoms with E-state index in [1.54, 1.807) is 0 Å². The fourth-order valence-electron chi connectivity index (χ4n) is 0.464. The second-order valence-corrected chi connectivity index (χ2v) is 2.07. The van der Waals surface area contributed by atoms with Crippen LogP contribution >= 0.6 is 0 Å². The molecule has 0 aliphatic heterocycles. The maximum absolute atomic E-state index is 12.4. The van der Waals surface area contributed by atoms with Crippen molar-refractivity contribution in [3.63, 3.8) is 0 Å². The predicted octanol–water partition coefficient (Wildman–Crippen LogP) is 1.32. The van der Waals surface area contributed by atoms with E-state index in [4.69, 9.17) is 5.11 Å². The molecule has 0 aromatic rings. The van der Waals surface area contributed by atoms with Gasteiger partial charge in [-0.15, -0.1) is 6.58 Å². The summed E-state index contributed by atoms with van der Waals surface area (Å²) in [6, 6.07) is 0. The van der Waals surface area contributed by atoms with E-state index < -0.39 is 25.3 Å². The van der Waals surface area contributed by atoms with E-state index in [1.165, 1.54) is 6.08 Å². The second kappa shape index (κ2) is 6.02. The molecule has 0 amide bonds. The third-order valence-electron chi connectivity index (χ3n) is 1.05. The van der Waals surface area contributed by atoms with Gasteiger partial charge in [0.05, 0.1) is 13.2 Å². The second-order valence-electron chi connectivity index (χ2n) is 2.07. The zero-order valence-corrected chi connectivity index (χ0v) is 13.5. The fraction of sp³-hybridized carbons (Fsp3) is 0.571. The normalized spacial score (nSPS) is 11.2. The molecule has 0 heterocycles. The average Bonchev–Trinajstić information content (AvgIpc) is 2.03. The third kappa shape index (κ3) is 4.81. The zero-order valence-electron chi connectivity index (χ0n) is 7.10. The summed E-state index contributed by atoms with van der Waals surface area (Å²) in [6.07, 6.45) is -0.515. The summed E-state index contributed by atoms with van der Waals surface area (Å²) < 4.78 is 41.3. The van der Waals surface area contributed by atoms with E-state index in [2.05, 4.69) is 11.3 Å². The van der Waals surface area contributed by atoms with Gasteiger partial charge in [-0.25, -0.2) is 8.78 Å². The van der Waals surface area contributed by atoms with Gasteiger partial charge in [-0.1, -0.05) is 12.2 Å². The predicted molar refractivity (Wildman–Crippen MR) is 37.4 cm³/mol. The van der Waals surface area contributed by atoms with Crippen LogP contribution in [-0.4, -0.2) is 30.8 Å². The van der Waals surface area contributed by atoms with Gasteiger partial charge in [-0.2, -0.15) is 0 Å². The maximum atomic E-state index is 12.4. The van der Waals surface area contributed by atoms with Gasteiger partial charge in [0.2, 0.25) is 0 Å². The number of hydrogen-bond donors (Lipinski definition) is 1. The molecule has 0 aromatic carbocycles. The first-order valence-corrected chi connectivity index (χ1v) is 3.23. The van der Waals surface area contributed by atoms with Crippen molar-refractivity contribution in [1.29, 1.82) is 0 Å². The Labute approximate surface area is 68.6 Å². The van der Waals surface area contributed by atoms with Crippen LogP contribution in [0.5, 0.6) is 0 Å². The molecule has 74 valence electrons. The van der Waals surface area contributed by atoms with Gasteiger partial charge in [-0.05, 0) is 6.61 Å². The topological polar surface area (TPSA) is 29.5 Å². The summed E-state index contributed by atoms with van der Waals surface area (Å²) in [5.74, 6) is -3.71. The van der Waals surface area contributed by atoms with Crippen LogP contribution in [0.3, 0.4) is 0 Å². The summed E-state index contributed by atoms with van der Waals surface area (Å²) in [6.45, 7) is 0.785. The molecule has 2 nitrogen and oxygen atoms in total. The minimum Gasteiger partial charge on any atom is -0.448 e. The molecule has 0 aliphatic carbocycles. The van der Waals surface area contributed by atoms with Crippen molar-refractivity contribution in [2.24, 2.45) is 0 Å². The van der Waals surface area contributed by atoms with E-state index in [9.17, 15) is 13.2 Å². The molecule has 0 atom stereocenters. The number of hydrogen-bond acceptors (Lipinski definition) is 2. The van der Waals surface area contributed by atoms with Crippen molar-refractivity contribution in [3.8, 4) is 0 Å². The van der Waals surface area contributed by atoms with Crippen LogP contribution in [0.2, 0.25) is 0 Å². The van der Waals surface area contributed by atoms with Crippen molar-refractivity contribution in [1.82, 2.24) is 0 Å². The molecule has 0 aliphatic rings. The Bertz CT molecular complexity index is 144. The summed E-state index contributed by atoms with van der Waals surface area (Å²) in [5.41, 5.74) is 0. The molecule has 0 saturated heterocycles. The van der Waals surface area contributed by atoms with Crippen LogP contribution in [-0.2, 0) is 4.74 Å². The van der Waals surface area contributed by atoms with E-state index in [0.717, 1.165) is 0 Å². The Kier molecular flexibility index (Phi) is 6.48. The van der Waals surface area contributed by atoms with Gasteiger partial charge in [-0.3, -0.25) is 0 Å². The van der Waals surface area contributed by atoms with Gasteiger partial charge in [0.15, 0.2) is 5.92 Å². The van der Waals surface area contributed by atoms with Gasteiger partial charge in [0.25, 0.3) is 0 Å². The number of aliphatic hydroxyl groups excluding tert-OH is 1. The van der Waals surface area contributed by atoms with Crippen LogP contribution in [0, 0.1) is 6.17 Å². The van der Waals surface area contributed by atoms with Gasteiger partial charge in [0, 0.05) is 0 Å². The fourth-order valence-corrected chi connectivity index (χ4v) is 0.464. The van der Waals surface area contributed by atoms with Crippen LogP contribution in [0.1, 0.15) is 0 Å². The van der Waals surface area contributed by atoms with E-state index >= 15 is 0 Å². The number of rotatable bonds is 6. The van der Waals surface area contributed by atoms with Gasteiger partial charge in [0.1, 0.15) is 0 Å². The molecule has 0 radical (unpaired) electrons. The molecule has 0 fully saturated rings. The molecule has 0 saturated carbocycles. The Hall–Kier alpha value is -1.55. The molecular weight excluding hydrogens is 440 g/mol. The van der Waals surface area contributed by atoms with E-state index in [0.29, 0.717) is 0 Å². The van der Waals surface area contributed by atoms with Crippen LogP contribution in [0.4, 0.5) is 13.2 Å². The van der Waals surface area contributed by atoms with E-state index in [-0.39, 0.29) is 6.61 Å². The number of aliphatic hydroxyl groups is 1. The van der Waals surface area contributed by atoms with Crippen molar-refractivity contribution in [2.75, 3.05) is 19.8 Å². The zero-order chi connectivity index (χ0) is 9.61. The van der Waals surface area contributed by atoms with Crippen LogP contribution < -0.4 is 0 Å². The molecule has 0 spiro atoms. The molecule has 0 bridgehead atoms. The first-order chi connectivity index (χ1) is 5.54. The summed E-state index contributed by atoms with van der Waals surface area (Å²) in [7, 11) is 0. The Morgan fingerprint density at radius 2 is 2.08 bits per heavy atom. The molecule has 0 unspecified atom stereocenters. The Balaban J connectivity index is 0. The van der Waals surface area contributed by atoms with Crippen LogP contribution in [0.15, 0.2) is 12.7 Å². The SMILES string of the molecule is C=CCOCC(F)(F)[C-](F)CO.[Rf]. The molecule has 1 N–H and O–H groups in total. The first-order valence-electron chi connectivity index (χ1n) is 3.23. The smallest absolute Gasteiger partial charge is 0.186 e. The van der Waals surface area contributed by atoms with Gasteiger partial charge >= 0.3 is 0 Å². The molecular formula is C7H10F3O2Rf-. The minimum atomic E-state index is -3.71. The van der Waals surface area contributed by atoms with E-state index in [1.807, 2.05) is 0 Å². The number of halogens is 3. The molecule has 0 aromatic heterocycles. The molecule has 6 heteroatoms. The number of ether oxygens (including phenoxy) is 1. The van der Waals surface area contributed by atoms with Gasteiger partial charge < -0.3 is 14.2 Å². The summed E-state index contributed by atoms with van der Waals surface area (Å²) >= 11 is 0. The minimum absolute atomic E-state index is 0.